The maximum atomic E-state index is 12.8. The van der Waals surface area contributed by atoms with Crippen LogP contribution in [0.3, 0.4) is 0 Å². The number of nitrogens with one attached hydrogen (secondary N) is 1. The normalized spacial score (nSPS) is 19.3. The van der Waals surface area contributed by atoms with Gasteiger partial charge in [0.05, 0.1) is 6.61 Å². The lowest BCUT2D eigenvalue weighted by molar-refractivity contribution is 0.0601. The molecule has 0 aromatic carbocycles. The van der Waals surface area contributed by atoms with Gasteiger partial charge >= 0.3 is 0 Å². The van der Waals surface area contributed by atoms with Crippen molar-refractivity contribution in [1.29, 1.82) is 0 Å². The summed E-state index contributed by atoms with van der Waals surface area (Å²) in [7, 11) is 3.62. The number of amides is 1. The first-order chi connectivity index (χ1) is 9.77. The predicted octanol–water partition coefficient (Wildman–Crippen LogP) is 1.35. The first-order valence-electron chi connectivity index (χ1n) is 7.37. The quantitative estimate of drug-likeness (QED) is 0.855. The Morgan fingerprint density at radius 1 is 1.50 bits per heavy atom. The highest BCUT2D eigenvalue weighted by atomic mass is 16.5. The van der Waals surface area contributed by atoms with Gasteiger partial charge < -0.3 is 19.5 Å². The lowest BCUT2D eigenvalue weighted by atomic mass is 10.0. The number of methoxy groups -OCH3 is 1. The molecule has 1 aliphatic rings. The number of likely N-dealkylation sites (tertiary alicyclic amines) is 1. The molecular formula is C15H25N3O2. The fourth-order valence-corrected chi connectivity index (χ4v) is 2.86. The van der Waals surface area contributed by atoms with E-state index in [0.717, 1.165) is 38.2 Å². The van der Waals surface area contributed by atoms with E-state index in [1.54, 1.807) is 7.11 Å². The second kappa shape index (κ2) is 7.45. The maximum absolute atomic E-state index is 12.8. The molecule has 1 atom stereocenters. The molecule has 1 amide bonds. The molecular weight excluding hydrogens is 254 g/mol. The summed E-state index contributed by atoms with van der Waals surface area (Å²) in [6, 6.07) is 4.15. The average molecular weight is 279 g/mol. The molecule has 1 aromatic rings. The van der Waals surface area contributed by atoms with Crippen molar-refractivity contribution in [3.63, 3.8) is 0 Å². The Morgan fingerprint density at radius 3 is 3.10 bits per heavy atom. The zero-order valence-electron chi connectivity index (χ0n) is 12.5. The van der Waals surface area contributed by atoms with Crippen molar-refractivity contribution in [2.45, 2.75) is 31.8 Å². The highest BCUT2D eigenvalue weighted by molar-refractivity contribution is 5.93. The summed E-state index contributed by atoms with van der Waals surface area (Å²) >= 11 is 0. The highest BCUT2D eigenvalue weighted by Crippen LogP contribution is 2.19. The molecule has 0 spiro atoms. The number of hydrogen-bond acceptors (Lipinski definition) is 3. The van der Waals surface area contributed by atoms with Gasteiger partial charge in [-0.15, -0.1) is 0 Å². The third kappa shape index (κ3) is 3.41. The van der Waals surface area contributed by atoms with E-state index in [1.165, 1.54) is 6.42 Å². The van der Waals surface area contributed by atoms with Crippen LogP contribution in [0.25, 0.3) is 0 Å². The van der Waals surface area contributed by atoms with Gasteiger partial charge in [-0.2, -0.15) is 0 Å². The molecule has 1 N–H and O–H groups in total. The van der Waals surface area contributed by atoms with Crippen LogP contribution in [-0.2, 0) is 11.3 Å². The van der Waals surface area contributed by atoms with Crippen LogP contribution in [-0.4, -0.2) is 55.3 Å². The summed E-state index contributed by atoms with van der Waals surface area (Å²) in [5.41, 5.74) is 0.769. The summed E-state index contributed by atoms with van der Waals surface area (Å²) < 4.78 is 7.08. The summed E-state index contributed by atoms with van der Waals surface area (Å²) in [5.74, 6) is 0.144. The minimum Gasteiger partial charge on any atom is -0.383 e. The van der Waals surface area contributed by atoms with Gasteiger partial charge in [-0.3, -0.25) is 4.79 Å². The van der Waals surface area contributed by atoms with Crippen LogP contribution in [0.1, 0.15) is 29.8 Å². The third-order valence-electron chi connectivity index (χ3n) is 3.91. The Bertz CT molecular complexity index is 429. The molecule has 1 saturated heterocycles. The summed E-state index contributed by atoms with van der Waals surface area (Å²) in [5, 5.41) is 3.20. The van der Waals surface area contributed by atoms with Gasteiger partial charge in [-0.05, 0) is 38.4 Å². The summed E-state index contributed by atoms with van der Waals surface area (Å²) in [4.78, 5) is 14.8. The number of piperidine rings is 1. The zero-order chi connectivity index (χ0) is 14.4. The number of carbonyl (C=O) groups is 1. The van der Waals surface area contributed by atoms with Crippen LogP contribution in [0.4, 0.5) is 0 Å². The maximum Gasteiger partial charge on any atom is 0.270 e. The number of nitrogens with zero attached hydrogens (tertiary/aromatic N) is 2. The van der Waals surface area contributed by atoms with Gasteiger partial charge in [-0.1, -0.05) is 0 Å². The molecule has 0 bridgehead atoms. The number of likely N-dealkylation sites (N-methyl/N-ethyl adjacent to an activating group) is 1. The van der Waals surface area contributed by atoms with E-state index >= 15 is 0 Å². The Labute approximate surface area is 120 Å². The van der Waals surface area contributed by atoms with Crippen molar-refractivity contribution >= 4 is 5.91 Å². The monoisotopic (exact) mass is 279 g/mol. The van der Waals surface area contributed by atoms with E-state index < -0.39 is 0 Å². The van der Waals surface area contributed by atoms with Crippen LogP contribution in [0.15, 0.2) is 18.3 Å². The SMILES string of the molecule is CNCC1CCCCN1C(=O)c1cccn1CCOC. The first kappa shape index (κ1) is 15.1. The predicted molar refractivity (Wildman–Crippen MR) is 78.9 cm³/mol. The Morgan fingerprint density at radius 2 is 2.35 bits per heavy atom. The van der Waals surface area contributed by atoms with Gasteiger partial charge in [0.15, 0.2) is 0 Å². The van der Waals surface area contributed by atoms with E-state index in [4.69, 9.17) is 4.74 Å². The van der Waals surface area contributed by atoms with Gasteiger partial charge in [0.25, 0.3) is 5.91 Å². The van der Waals surface area contributed by atoms with Crippen molar-refractivity contribution in [1.82, 2.24) is 14.8 Å². The fourth-order valence-electron chi connectivity index (χ4n) is 2.86. The van der Waals surface area contributed by atoms with Gasteiger partial charge in [-0.25, -0.2) is 0 Å². The molecule has 20 heavy (non-hydrogen) atoms. The van der Waals surface area contributed by atoms with E-state index in [2.05, 4.69) is 5.32 Å². The van der Waals surface area contributed by atoms with Gasteiger partial charge in [0, 0.05) is 39.0 Å². The number of carbonyl (C=O) groups excluding carboxylic acids is 1. The van der Waals surface area contributed by atoms with E-state index in [9.17, 15) is 4.79 Å². The zero-order valence-corrected chi connectivity index (χ0v) is 12.5. The molecule has 0 saturated carbocycles. The smallest absolute Gasteiger partial charge is 0.270 e. The van der Waals surface area contributed by atoms with Crippen LogP contribution >= 0.6 is 0 Å². The van der Waals surface area contributed by atoms with Crippen LogP contribution in [0, 0.1) is 0 Å². The van der Waals surface area contributed by atoms with E-state index in [0.29, 0.717) is 12.6 Å². The Balaban J connectivity index is 2.10. The van der Waals surface area contributed by atoms with Crippen LogP contribution in [0.5, 0.6) is 0 Å². The lowest BCUT2D eigenvalue weighted by Gasteiger charge is -2.36. The molecule has 2 heterocycles. The first-order valence-corrected chi connectivity index (χ1v) is 7.37. The Hall–Kier alpha value is -1.33. The molecule has 112 valence electrons. The number of hydrogen-bond donors (Lipinski definition) is 1. The van der Waals surface area contributed by atoms with Crippen molar-refractivity contribution < 1.29 is 9.53 Å². The van der Waals surface area contributed by atoms with E-state index in [-0.39, 0.29) is 5.91 Å². The average Bonchev–Trinajstić information content (AvgIpc) is 2.93. The molecule has 1 fully saturated rings. The fraction of sp³-hybridized carbons (Fsp3) is 0.667. The van der Waals surface area contributed by atoms with Gasteiger partial charge in [0.1, 0.15) is 5.69 Å². The van der Waals surface area contributed by atoms with Gasteiger partial charge in [0.2, 0.25) is 0 Å². The number of ether oxygens (including phenoxy) is 1. The van der Waals surface area contributed by atoms with Crippen LogP contribution in [0.2, 0.25) is 0 Å². The molecule has 1 aromatic heterocycles. The van der Waals surface area contributed by atoms with Crippen LogP contribution < -0.4 is 5.32 Å². The van der Waals surface area contributed by atoms with Crippen molar-refractivity contribution in [2.75, 3.05) is 33.9 Å². The third-order valence-corrected chi connectivity index (χ3v) is 3.91. The number of rotatable bonds is 6. The van der Waals surface area contributed by atoms with Crippen molar-refractivity contribution in [3.05, 3.63) is 24.0 Å². The molecule has 2 rings (SSSR count). The molecule has 5 heteroatoms. The molecule has 0 radical (unpaired) electrons. The van der Waals surface area contributed by atoms with E-state index in [1.807, 2.05) is 34.8 Å². The minimum absolute atomic E-state index is 0.144. The second-order valence-electron chi connectivity index (χ2n) is 5.29. The number of aromatic nitrogens is 1. The second-order valence-corrected chi connectivity index (χ2v) is 5.29. The topological polar surface area (TPSA) is 46.5 Å². The molecule has 5 nitrogen and oxygen atoms in total. The minimum atomic E-state index is 0.144. The van der Waals surface area contributed by atoms with Crippen molar-refractivity contribution in [3.8, 4) is 0 Å². The summed E-state index contributed by atoms with van der Waals surface area (Å²) in [6.07, 6.45) is 5.35. The summed E-state index contributed by atoms with van der Waals surface area (Å²) in [6.45, 7) is 3.06. The lowest BCUT2D eigenvalue weighted by Crippen LogP contribution is -2.48. The molecule has 1 aliphatic heterocycles. The largest absolute Gasteiger partial charge is 0.383 e. The molecule has 1 unspecified atom stereocenters. The Kier molecular flexibility index (Phi) is 5.61. The molecule has 0 aliphatic carbocycles. The standard InChI is InChI=1S/C15H25N3O2/c1-16-12-13-6-3-4-9-18(13)15(19)14-7-5-8-17(14)10-11-20-2/h5,7-8,13,16H,3-4,6,9-12H2,1-2H3. The highest BCUT2D eigenvalue weighted by Gasteiger charge is 2.28. The van der Waals surface area contributed by atoms with Crippen molar-refractivity contribution in [2.24, 2.45) is 0 Å².